The summed E-state index contributed by atoms with van der Waals surface area (Å²) in [5, 5.41) is 3.52. The van der Waals surface area contributed by atoms with Crippen LogP contribution in [0, 0.1) is 5.92 Å². The summed E-state index contributed by atoms with van der Waals surface area (Å²) >= 11 is 1.82. The molecule has 12 heavy (non-hydrogen) atoms. The van der Waals surface area contributed by atoms with Gasteiger partial charge in [-0.1, -0.05) is 0 Å². The molecular formula is C9H14N2S. The summed E-state index contributed by atoms with van der Waals surface area (Å²) in [7, 11) is 0. The fourth-order valence-electron chi connectivity index (χ4n) is 1.68. The first-order valence-electron chi connectivity index (χ1n) is 4.38. The first-order valence-corrected chi connectivity index (χ1v) is 5.26. The van der Waals surface area contributed by atoms with Crippen molar-refractivity contribution >= 4 is 16.3 Å². The molecule has 0 bridgehead atoms. The van der Waals surface area contributed by atoms with Crippen LogP contribution in [0.1, 0.15) is 6.42 Å². The summed E-state index contributed by atoms with van der Waals surface area (Å²) < 4.78 is 0. The predicted molar refractivity (Wildman–Crippen MR) is 53.7 cm³/mol. The maximum atomic E-state index is 5.63. The Morgan fingerprint density at radius 2 is 2.58 bits per heavy atom. The molecule has 2 N–H and O–H groups in total. The Morgan fingerprint density at radius 3 is 3.17 bits per heavy atom. The molecule has 2 rings (SSSR count). The normalized spacial score (nSPS) is 23.4. The Labute approximate surface area is 77.0 Å². The van der Waals surface area contributed by atoms with Crippen molar-refractivity contribution in [2.75, 3.05) is 24.5 Å². The summed E-state index contributed by atoms with van der Waals surface area (Å²) in [5.41, 5.74) is 5.63. The van der Waals surface area contributed by atoms with Gasteiger partial charge in [0.15, 0.2) is 0 Å². The van der Waals surface area contributed by atoms with E-state index in [1.54, 1.807) is 0 Å². The zero-order valence-electron chi connectivity index (χ0n) is 7.07. The van der Waals surface area contributed by atoms with Crippen molar-refractivity contribution < 1.29 is 0 Å². The van der Waals surface area contributed by atoms with Crippen LogP contribution < -0.4 is 10.6 Å². The number of anilines is 1. The fraction of sp³-hybridized carbons (Fsp3) is 0.556. The van der Waals surface area contributed by atoms with Gasteiger partial charge in [-0.3, -0.25) is 0 Å². The Bertz CT molecular complexity index is 233. The van der Waals surface area contributed by atoms with Crippen molar-refractivity contribution in [3.8, 4) is 0 Å². The average Bonchev–Trinajstić information content (AvgIpc) is 2.75. The van der Waals surface area contributed by atoms with Crippen LogP contribution >= 0.6 is 11.3 Å². The van der Waals surface area contributed by atoms with E-state index in [2.05, 4.69) is 22.4 Å². The van der Waals surface area contributed by atoms with Gasteiger partial charge in [0.2, 0.25) is 0 Å². The maximum Gasteiger partial charge on any atom is 0.0908 e. The molecule has 0 saturated carbocycles. The van der Waals surface area contributed by atoms with Crippen molar-refractivity contribution in [1.82, 2.24) is 0 Å². The third-order valence-electron chi connectivity index (χ3n) is 2.44. The van der Waals surface area contributed by atoms with E-state index < -0.39 is 0 Å². The molecule has 0 aromatic carbocycles. The van der Waals surface area contributed by atoms with E-state index in [-0.39, 0.29) is 0 Å². The van der Waals surface area contributed by atoms with Crippen LogP contribution in [0.2, 0.25) is 0 Å². The van der Waals surface area contributed by atoms with Crippen LogP contribution in [0.5, 0.6) is 0 Å². The zero-order valence-corrected chi connectivity index (χ0v) is 7.89. The van der Waals surface area contributed by atoms with E-state index in [1.165, 1.54) is 18.0 Å². The second-order valence-electron chi connectivity index (χ2n) is 3.29. The standard InChI is InChI=1S/C9H14N2S/c10-6-8-3-4-11(7-8)9-2-1-5-12-9/h1-2,5,8H,3-4,6-7,10H2. The van der Waals surface area contributed by atoms with Crippen LogP contribution in [0.3, 0.4) is 0 Å². The molecule has 0 aliphatic carbocycles. The highest BCUT2D eigenvalue weighted by Crippen LogP contribution is 2.27. The Morgan fingerprint density at radius 1 is 1.67 bits per heavy atom. The first-order chi connectivity index (χ1) is 5.90. The molecule has 0 amide bonds. The third kappa shape index (κ3) is 1.47. The van der Waals surface area contributed by atoms with Gasteiger partial charge in [0.1, 0.15) is 0 Å². The minimum atomic E-state index is 0.715. The second kappa shape index (κ2) is 3.46. The lowest BCUT2D eigenvalue weighted by Crippen LogP contribution is -2.21. The van der Waals surface area contributed by atoms with Gasteiger partial charge in [-0.2, -0.15) is 0 Å². The molecule has 1 aliphatic rings. The van der Waals surface area contributed by atoms with Gasteiger partial charge in [-0.25, -0.2) is 0 Å². The molecule has 0 radical (unpaired) electrons. The average molecular weight is 182 g/mol. The van der Waals surface area contributed by atoms with Crippen LogP contribution in [-0.4, -0.2) is 19.6 Å². The molecule has 2 nitrogen and oxygen atoms in total. The number of hydrogen-bond donors (Lipinski definition) is 1. The van der Waals surface area contributed by atoms with Crippen molar-refractivity contribution in [2.24, 2.45) is 11.7 Å². The molecule has 1 atom stereocenters. The number of nitrogens with two attached hydrogens (primary N) is 1. The summed E-state index contributed by atoms with van der Waals surface area (Å²) in [6, 6.07) is 4.29. The Kier molecular flexibility index (Phi) is 2.33. The summed E-state index contributed by atoms with van der Waals surface area (Å²) in [4.78, 5) is 2.43. The Hall–Kier alpha value is -0.540. The number of nitrogens with zero attached hydrogens (tertiary/aromatic N) is 1. The van der Waals surface area contributed by atoms with Gasteiger partial charge in [0.25, 0.3) is 0 Å². The molecule has 1 aliphatic heterocycles. The van der Waals surface area contributed by atoms with E-state index in [0.29, 0.717) is 5.92 Å². The predicted octanol–water partition coefficient (Wildman–Crippen LogP) is 1.53. The minimum absolute atomic E-state index is 0.715. The largest absolute Gasteiger partial charge is 0.363 e. The van der Waals surface area contributed by atoms with Gasteiger partial charge < -0.3 is 10.6 Å². The maximum absolute atomic E-state index is 5.63. The minimum Gasteiger partial charge on any atom is -0.363 e. The first kappa shape index (κ1) is 8.08. The molecule has 66 valence electrons. The highest BCUT2D eigenvalue weighted by Gasteiger charge is 2.21. The van der Waals surface area contributed by atoms with Crippen LogP contribution in [-0.2, 0) is 0 Å². The molecule has 2 heterocycles. The molecule has 1 unspecified atom stereocenters. The highest BCUT2D eigenvalue weighted by atomic mass is 32.1. The van der Waals surface area contributed by atoms with E-state index in [1.807, 2.05) is 11.3 Å². The lowest BCUT2D eigenvalue weighted by Gasteiger charge is -2.15. The quantitative estimate of drug-likeness (QED) is 0.751. The molecular weight excluding hydrogens is 168 g/mol. The SMILES string of the molecule is NCC1CCN(c2cccs2)C1. The van der Waals surface area contributed by atoms with E-state index in [9.17, 15) is 0 Å². The van der Waals surface area contributed by atoms with Crippen molar-refractivity contribution in [3.05, 3.63) is 17.5 Å². The molecule has 3 heteroatoms. The molecule has 1 saturated heterocycles. The molecule has 1 fully saturated rings. The van der Waals surface area contributed by atoms with Crippen molar-refractivity contribution in [3.63, 3.8) is 0 Å². The third-order valence-corrected chi connectivity index (χ3v) is 3.37. The van der Waals surface area contributed by atoms with Crippen LogP contribution in [0.25, 0.3) is 0 Å². The zero-order chi connectivity index (χ0) is 8.39. The molecule has 0 spiro atoms. The van der Waals surface area contributed by atoms with Gasteiger partial charge in [-0.15, -0.1) is 11.3 Å². The van der Waals surface area contributed by atoms with Crippen molar-refractivity contribution in [1.29, 1.82) is 0 Å². The topological polar surface area (TPSA) is 29.3 Å². The lowest BCUT2D eigenvalue weighted by molar-refractivity contribution is 0.603. The smallest absolute Gasteiger partial charge is 0.0908 e. The summed E-state index contributed by atoms with van der Waals surface area (Å²) in [6.07, 6.45) is 1.26. The second-order valence-corrected chi connectivity index (χ2v) is 4.21. The van der Waals surface area contributed by atoms with E-state index in [0.717, 1.165) is 13.1 Å². The van der Waals surface area contributed by atoms with E-state index in [4.69, 9.17) is 5.73 Å². The van der Waals surface area contributed by atoms with Gasteiger partial charge in [-0.05, 0) is 36.4 Å². The number of hydrogen-bond acceptors (Lipinski definition) is 3. The van der Waals surface area contributed by atoms with E-state index >= 15 is 0 Å². The van der Waals surface area contributed by atoms with Crippen LogP contribution in [0.4, 0.5) is 5.00 Å². The van der Waals surface area contributed by atoms with Gasteiger partial charge >= 0.3 is 0 Å². The summed E-state index contributed by atoms with van der Waals surface area (Å²) in [6.45, 7) is 3.17. The molecule has 1 aromatic heterocycles. The lowest BCUT2D eigenvalue weighted by atomic mass is 10.1. The monoisotopic (exact) mass is 182 g/mol. The van der Waals surface area contributed by atoms with Crippen LogP contribution in [0.15, 0.2) is 17.5 Å². The summed E-state index contributed by atoms with van der Waals surface area (Å²) in [5.74, 6) is 0.715. The highest BCUT2D eigenvalue weighted by molar-refractivity contribution is 7.14. The fourth-order valence-corrected chi connectivity index (χ4v) is 2.44. The van der Waals surface area contributed by atoms with Crippen molar-refractivity contribution in [2.45, 2.75) is 6.42 Å². The Balaban J connectivity index is 2.00. The number of thiophene rings is 1. The van der Waals surface area contributed by atoms with Gasteiger partial charge in [0.05, 0.1) is 5.00 Å². The molecule has 1 aromatic rings. The van der Waals surface area contributed by atoms with Gasteiger partial charge in [0, 0.05) is 13.1 Å². The number of rotatable bonds is 2.